The van der Waals surface area contributed by atoms with Crippen LogP contribution in [0.15, 0.2) is 20.2 Å². The van der Waals surface area contributed by atoms with Gasteiger partial charge in [0, 0.05) is 6.54 Å². The van der Waals surface area contributed by atoms with Crippen molar-refractivity contribution < 1.29 is 12.9 Å². The second-order valence-corrected chi connectivity index (χ2v) is 6.44. The summed E-state index contributed by atoms with van der Waals surface area (Å²) in [6.45, 7) is 1.95. The molecule has 0 radical (unpaired) electrons. The fourth-order valence-electron chi connectivity index (χ4n) is 1.24. The Balaban J connectivity index is 2.07. The fraction of sp³-hybridized carbons (Fsp3) is 0.333. The van der Waals surface area contributed by atoms with E-state index in [1.165, 1.54) is 0 Å². The largest absolute Gasteiger partial charge is 0.338 e. The molecule has 2 heterocycles. The summed E-state index contributed by atoms with van der Waals surface area (Å²) in [5, 5.41) is 5.29. The molecule has 0 aliphatic heterocycles. The van der Waals surface area contributed by atoms with Crippen molar-refractivity contribution in [2.45, 2.75) is 24.2 Å². The highest BCUT2D eigenvalue weighted by Crippen LogP contribution is 2.19. The van der Waals surface area contributed by atoms with Crippen LogP contribution in [0.4, 0.5) is 0 Å². The van der Waals surface area contributed by atoms with Gasteiger partial charge in [0.1, 0.15) is 4.21 Å². The predicted octanol–water partition coefficient (Wildman–Crippen LogP) is 0.377. The first kappa shape index (κ1) is 13.1. The predicted molar refractivity (Wildman–Crippen MR) is 65.3 cm³/mol. The van der Waals surface area contributed by atoms with Gasteiger partial charge in [-0.15, -0.1) is 11.3 Å². The van der Waals surface area contributed by atoms with Gasteiger partial charge < -0.3 is 10.3 Å². The molecule has 98 valence electrons. The van der Waals surface area contributed by atoms with E-state index in [9.17, 15) is 8.42 Å². The summed E-state index contributed by atoms with van der Waals surface area (Å²) in [4.78, 5) is 3.91. The smallest absolute Gasteiger partial charge is 0.250 e. The van der Waals surface area contributed by atoms with Crippen LogP contribution in [-0.4, -0.2) is 18.6 Å². The van der Waals surface area contributed by atoms with Crippen LogP contribution >= 0.6 is 11.3 Å². The Morgan fingerprint density at radius 1 is 1.56 bits per heavy atom. The number of thiophene rings is 1. The highest BCUT2D eigenvalue weighted by molar-refractivity contribution is 7.91. The molecule has 2 aromatic heterocycles. The number of rotatable bonds is 5. The van der Waals surface area contributed by atoms with Gasteiger partial charge in [0.25, 0.3) is 10.0 Å². The highest BCUT2D eigenvalue weighted by atomic mass is 32.2. The molecule has 3 N–H and O–H groups in total. The molecule has 0 saturated heterocycles. The van der Waals surface area contributed by atoms with E-state index in [-0.39, 0.29) is 16.6 Å². The number of sulfonamides is 1. The van der Waals surface area contributed by atoms with Gasteiger partial charge in [-0.05, 0) is 23.9 Å². The maximum Gasteiger partial charge on any atom is 0.250 e. The van der Waals surface area contributed by atoms with Crippen LogP contribution in [0.2, 0.25) is 0 Å². The minimum atomic E-state index is -3.55. The Hall–Kier alpha value is -1.29. The van der Waals surface area contributed by atoms with Crippen molar-refractivity contribution in [2.24, 2.45) is 5.73 Å². The van der Waals surface area contributed by atoms with Crippen molar-refractivity contribution in [3.63, 3.8) is 0 Å². The summed E-state index contributed by atoms with van der Waals surface area (Å²) >= 11 is 1.12. The number of hydrogen-bond acceptors (Lipinski definition) is 7. The zero-order valence-electron chi connectivity index (χ0n) is 9.58. The Morgan fingerprint density at radius 3 is 2.89 bits per heavy atom. The molecule has 0 bridgehead atoms. The van der Waals surface area contributed by atoms with Gasteiger partial charge in [-0.3, -0.25) is 0 Å². The van der Waals surface area contributed by atoms with Crippen LogP contribution < -0.4 is 10.5 Å². The van der Waals surface area contributed by atoms with Gasteiger partial charge in [-0.1, -0.05) is 5.16 Å². The van der Waals surface area contributed by atoms with Crippen LogP contribution in [0.25, 0.3) is 0 Å². The zero-order valence-corrected chi connectivity index (χ0v) is 11.2. The minimum Gasteiger partial charge on any atom is -0.338 e. The molecule has 2 rings (SSSR count). The van der Waals surface area contributed by atoms with Crippen molar-refractivity contribution in [2.75, 3.05) is 0 Å². The maximum atomic E-state index is 11.9. The highest BCUT2D eigenvalue weighted by Gasteiger charge is 2.17. The zero-order chi connectivity index (χ0) is 13.2. The molecule has 0 aromatic carbocycles. The third kappa shape index (κ3) is 2.93. The molecule has 0 atom stereocenters. The summed E-state index contributed by atoms with van der Waals surface area (Å²) < 4.78 is 31.2. The Bertz CT molecular complexity index is 632. The van der Waals surface area contributed by atoms with E-state index in [1.807, 2.05) is 0 Å². The van der Waals surface area contributed by atoms with Gasteiger partial charge >= 0.3 is 0 Å². The van der Waals surface area contributed by atoms with Crippen LogP contribution in [-0.2, 0) is 23.1 Å². The standard InChI is InChI=1S/C9H12N4O3S2/c1-6-12-8(16-13-6)4-11-18(14,15)9-2-7(3-10)5-17-9/h2,5,11H,3-4,10H2,1H3. The second kappa shape index (κ2) is 5.14. The molecule has 0 spiro atoms. The number of aryl methyl sites for hydroxylation is 1. The number of nitrogens with one attached hydrogen (secondary N) is 1. The van der Waals surface area contributed by atoms with E-state index in [2.05, 4.69) is 14.9 Å². The van der Waals surface area contributed by atoms with Crippen molar-refractivity contribution in [3.8, 4) is 0 Å². The molecule has 0 aliphatic rings. The van der Waals surface area contributed by atoms with Crippen molar-refractivity contribution >= 4 is 21.4 Å². The van der Waals surface area contributed by atoms with Gasteiger partial charge in [-0.2, -0.15) is 4.98 Å². The maximum absolute atomic E-state index is 11.9. The van der Waals surface area contributed by atoms with Crippen LogP contribution in [0.5, 0.6) is 0 Å². The fourth-order valence-corrected chi connectivity index (χ4v) is 3.48. The Labute approximate surface area is 108 Å². The molecule has 2 aromatic rings. The van der Waals surface area contributed by atoms with Gasteiger partial charge in [-0.25, -0.2) is 13.1 Å². The van der Waals surface area contributed by atoms with Crippen LogP contribution in [0.3, 0.4) is 0 Å². The van der Waals surface area contributed by atoms with Gasteiger partial charge in [0.05, 0.1) is 6.54 Å². The summed E-state index contributed by atoms with van der Waals surface area (Å²) in [7, 11) is -3.55. The summed E-state index contributed by atoms with van der Waals surface area (Å²) in [5.41, 5.74) is 6.22. The molecule has 0 amide bonds. The van der Waals surface area contributed by atoms with E-state index in [1.54, 1.807) is 18.4 Å². The first-order valence-electron chi connectivity index (χ1n) is 5.07. The Kier molecular flexibility index (Phi) is 3.76. The monoisotopic (exact) mass is 288 g/mol. The summed E-state index contributed by atoms with van der Waals surface area (Å²) in [6, 6.07) is 1.55. The molecule has 0 unspecified atom stereocenters. The SMILES string of the molecule is Cc1noc(CNS(=O)(=O)c2cc(CN)cs2)n1. The van der Waals surface area contributed by atoms with Crippen molar-refractivity contribution in [1.82, 2.24) is 14.9 Å². The van der Waals surface area contributed by atoms with Crippen LogP contribution in [0.1, 0.15) is 17.3 Å². The molecule has 0 saturated carbocycles. The molecule has 7 nitrogen and oxygen atoms in total. The van der Waals surface area contributed by atoms with Crippen LogP contribution in [0, 0.1) is 6.92 Å². The van der Waals surface area contributed by atoms with E-state index < -0.39 is 10.0 Å². The summed E-state index contributed by atoms with van der Waals surface area (Å²) in [5.74, 6) is 0.692. The van der Waals surface area contributed by atoms with Crippen molar-refractivity contribution in [1.29, 1.82) is 0 Å². The third-order valence-electron chi connectivity index (χ3n) is 2.11. The first-order valence-corrected chi connectivity index (χ1v) is 7.44. The number of nitrogens with two attached hydrogens (primary N) is 1. The lowest BCUT2D eigenvalue weighted by Gasteiger charge is -2.00. The lowest BCUT2D eigenvalue weighted by atomic mass is 10.4. The van der Waals surface area contributed by atoms with E-state index in [4.69, 9.17) is 10.3 Å². The average molecular weight is 288 g/mol. The molecule has 0 fully saturated rings. The lowest BCUT2D eigenvalue weighted by molar-refractivity contribution is 0.372. The average Bonchev–Trinajstić information content (AvgIpc) is 2.95. The normalized spacial score (nSPS) is 11.9. The molecule has 0 aliphatic carbocycles. The quantitative estimate of drug-likeness (QED) is 0.822. The van der Waals surface area contributed by atoms with Gasteiger partial charge in [0.2, 0.25) is 5.89 Å². The third-order valence-corrected chi connectivity index (χ3v) is 5.00. The second-order valence-electron chi connectivity index (χ2n) is 3.54. The minimum absolute atomic E-state index is 0.0287. The van der Waals surface area contributed by atoms with Crippen molar-refractivity contribution in [3.05, 3.63) is 28.7 Å². The summed E-state index contributed by atoms with van der Waals surface area (Å²) in [6.07, 6.45) is 0. The number of hydrogen-bond donors (Lipinski definition) is 2. The Morgan fingerprint density at radius 2 is 2.33 bits per heavy atom. The van der Waals surface area contributed by atoms with E-state index in [0.29, 0.717) is 12.4 Å². The molecular weight excluding hydrogens is 276 g/mol. The topological polar surface area (TPSA) is 111 Å². The molecule has 18 heavy (non-hydrogen) atoms. The van der Waals surface area contributed by atoms with Gasteiger partial charge in [0.15, 0.2) is 5.82 Å². The molecular formula is C9H12N4O3S2. The first-order chi connectivity index (χ1) is 8.51. The van der Waals surface area contributed by atoms with E-state index in [0.717, 1.165) is 16.9 Å². The lowest BCUT2D eigenvalue weighted by Crippen LogP contribution is -2.22. The number of aromatic nitrogens is 2. The number of nitrogens with zero attached hydrogens (tertiary/aromatic N) is 2. The molecule has 9 heteroatoms. The van der Waals surface area contributed by atoms with E-state index >= 15 is 0 Å².